The first-order valence-electron chi connectivity index (χ1n) is 9.28. The lowest BCUT2D eigenvalue weighted by molar-refractivity contribution is -0.134. The largest absolute Gasteiger partial charge is 0.339 e. The number of fused-ring (bicyclic) bond motifs is 1. The van der Waals surface area contributed by atoms with Crippen LogP contribution in [0.4, 0.5) is 0 Å². The number of rotatable bonds is 4. The van der Waals surface area contributed by atoms with Crippen LogP contribution < -0.4 is 5.56 Å². The van der Waals surface area contributed by atoms with Gasteiger partial charge in [0.2, 0.25) is 5.91 Å². The average Bonchev–Trinajstić information content (AvgIpc) is 2.74. The number of halogens is 2. The molecule has 29 heavy (non-hydrogen) atoms. The van der Waals surface area contributed by atoms with E-state index in [4.69, 9.17) is 23.2 Å². The summed E-state index contributed by atoms with van der Waals surface area (Å²) >= 11 is 12.3. The summed E-state index contributed by atoms with van der Waals surface area (Å²) in [4.78, 5) is 29.2. The van der Waals surface area contributed by atoms with Crippen molar-refractivity contribution in [1.29, 1.82) is 0 Å². The lowest BCUT2D eigenvalue weighted by atomic mass is 10.2. The van der Waals surface area contributed by atoms with Gasteiger partial charge in [0, 0.05) is 32.7 Å². The quantitative estimate of drug-likeness (QED) is 0.634. The van der Waals surface area contributed by atoms with Crippen molar-refractivity contribution < 1.29 is 4.79 Å². The molecule has 9 heteroatoms. The molecule has 1 aromatic heterocycles. The van der Waals surface area contributed by atoms with E-state index in [1.807, 2.05) is 12.1 Å². The molecule has 1 aliphatic rings. The molecule has 0 unspecified atom stereocenters. The van der Waals surface area contributed by atoms with Crippen molar-refractivity contribution in [3.05, 3.63) is 68.4 Å². The van der Waals surface area contributed by atoms with Crippen LogP contribution in [0.1, 0.15) is 5.56 Å². The van der Waals surface area contributed by atoms with Crippen LogP contribution in [-0.4, -0.2) is 56.9 Å². The second-order valence-corrected chi connectivity index (χ2v) is 7.72. The topological polar surface area (TPSA) is 71.3 Å². The highest BCUT2D eigenvalue weighted by Crippen LogP contribution is 2.26. The van der Waals surface area contributed by atoms with Gasteiger partial charge in [-0.2, -0.15) is 0 Å². The van der Waals surface area contributed by atoms with Crippen LogP contribution in [0.3, 0.4) is 0 Å². The number of carbonyl (C=O) groups is 1. The SMILES string of the molecule is O=C(Cn1nnc2ccccc2c1=O)N1CCN(Cc2cccc(Cl)c2Cl)CC1. The molecular formula is C20H19Cl2N5O2. The Morgan fingerprint density at radius 3 is 2.55 bits per heavy atom. The molecule has 0 bridgehead atoms. The number of aromatic nitrogens is 3. The molecule has 0 saturated carbocycles. The molecule has 1 saturated heterocycles. The fourth-order valence-corrected chi connectivity index (χ4v) is 3.80. The minimum Gasteiger partial charge on any atom is -0.339 e. The van der Waals surface area contributed by atoms with E-state index in [-0.39, 0.29) is 18.0 Å². The van der Waals surface area contributed by atoms with Gasteiger partial charge in [-0.15, -0.1) is 5.10 Å². The van der Waals surface area contributed by atoms with Gasteiger partial charge < -0.3 is 4.90 Å². The fourth-order valence-electron chi connectivity index (χ4n) is 3.42. The van der Waals surface area contributed by atoms with Gasteiger partial charge in [0.15, 0.2) is 0 Å². The summed E-state index contributed by atoms with van der Waals surface area (Å²) in [6.07, 6.45) is 0. The Hall–Kier alpha value is -2.48. The summed E-state index contributed by atoms with van der Waals surface area (Å²) in [5, 5.41) is 9.49. The molecule has 0 radical (unpaired) electrons. The minimum absolute atomic E-state index is 0.114. The number of hydrogen-bond acceptors (Lipinski definition) is 5. The Morgan fingerprint density at radius 2 is 1.76 bits per heavy atom. The maximum atomic E-state index is 12.7. The number of carbonyl (C=O) groups excluding carboxylic acids is 1. The van der Waals surface area contributed by atoms with E-state index in [2.05, 4.69) is 15.2 Å². The van der Waals surface area contributed by atoms with Crippen LogP contribution in [0.25, 0.3) is 10.9 Å². The lowest BCUT2D eigenvalue weighted by Gasteiger charge is -2.35. The Balaban J connectivity index is 1.38. The molecule has 0 aliphatic carbocycles. The molecule has 150 valence electrons. The summed E-state index contributed by atoms with van der Waals surface area (Å²) in [6.45, 7) is 3.15. The van der Waals surface area contributed by atoms with Crippen molar-refractivity contribution in [1.82, 2.24) is 24.8 Å². The van der Waals surface area contributed by atoms with Crippen LogP contribution in [0.15, 0.2) is 47.3 Å². The van der Waals surface area contributed by atoms with Gasteiger partial charge in [0.25, 0.3) is 5.56 Å². The van der Waals surface area contributed by atoms with Crippen molar-refractivity contribution in [3.8, 4) is 0 Å². The summed E-state index contributed by atoms with van der Waals surface area (Å²) in [5.74, 6) is -0.142. The molecule has 0 spiro atoms. The number of hydrogen-bond donors (Lipinski definition) is 0. The molecule has 2 heterocycles. The minimum atomic E-state index is -0.307. The van der Waals surface area contributed by atoms with Gasteiger partial charge in [-0.05, 0) is 23.8 Å². The number of benzene rings is 2. The van der Waals surface area contributed by atoms with Gasteiger partial charge in [-0.1, -0.05) is 52.7 Å². The van der Waals surface area contributed by atoms with E-state index < -0.39 is 0 Å². The molecule has 7 nitrogen and oxygen atoms in total. The highest BCUT2D eigenvalue weighted by Gasteiger charge is 2.23. The van der Waals surface area contributed by atoms with E-state index in [1.54, 1.807) is 35.2 Å². The van der Waals surface area contributed by atoms with Crippen LogP contribution >= 0.6 is 23.2 Å². The van der Waals surface area contributed by atoms with Crippen LogP contribution in [-0.2, 0) is 17.9 Å². The van der Waals surface area contributed by atoms with Gasteiger partial charge in [-0.25, -0.2) is 4.68 Å². The summed E-state index contributed by atoms with van der Waals surface area (Å²) in [7, 11) is 0. The molecule has 1 amide bonds. The molecule has 4 rings (SSSR count). The Morgan fingerprint density at radius 1 is 1.00 bits per heavy atom. The molecule has 2 aromatic carbocycles. The Bertz CT molecular complexity index is 1110. The molecule has 1 fully saturated rings. The van der Waals surface area contributed by atoms with Crippen molar-refractivity contribution in [2.75, 3.05) is 26.2 Å². The summed E-state index contributed by atoms with van der Waals surface area (Å²) < 4.78 is 1.13. The monoisotopic (exact) mass is 431 g/mol. The van der Waals surface area contributed by atoms with Crippen LogP contribution in [0.5, 0.6) is 0 Å². The number of nitrogens with zero attached hydrogens (tertiary/aromatic N) is 5. The molecule has 0 N–H and O–H groups in total. The molecule has 1 aliphatic heterocycles. The highest BCUT2D eigenvalue weighted by atomic mass is 35.5. The lowest BCUT2D eigenvalue weighted by Crippen LogP contribution is -2.49. The Kier molecular flexibility index (Phi) is 5.80. The summed E-state index contributed by atoms with van der Waals surface area (Å²) in [6, 6.07) is 12.6. The van der Waals surface area contributed by atoms with Gasteiger partial charge in [0.05, 0.1) is 15.4 Å². The zero-order valence-electron chi connectivity index (χ0n) is 15.6. The maximum Gasteiger partial charge on any atom is 0.278 e. The number of amides is 1. The zero-order chi connectivity index (χ0) is 20.4. The summed E-state index contributed by atoms with van der Waals surface area (Å²) in [5.41, 5.74) is 1.18. The first kappa shape index (κ1) is 19.8. The first-order valence-corrected chi connectivity index (χ1v) is 10.0. The second kappa shape index (κ2) is 8.49. The van der Waals surface area contributed by atoms with E-state index in [9.17, 15) is 9.59 Å². The predicted octanol–water partition coefficient (Wildman–Crippen LogP) is 2.44. The molecule has 3 aromatic rings. The van der Waals surface area contributed by atoms with Crippen LogP contribution in [0, 0.1) is 0 Å². The van der Waals surface area contributed by atoms with Crippen LogP contribution in [0.2, 0.25) is 10.0 Å². The van der Waals surface area contributed by atoms with Crippen molar-refractivity contribution in [3.63, 3.8) is 0 Å². The van der Waals surface area contributed by atoms with Gasteiger partial charge in [-0.3, -0.25) is 14.5 Å². The second-order valence-electron chi connectivity index (χ2n) is 6.94. The molecular weight excluding hydrogens is 413 g/mol. The maximum absolute atomic E-state index is 12.7. The highest BCUT2D eigenvalue weighted by molar-refractivity contribution is 6.42. The number of piperazine rings is 1. The molecule has 0 atom stereocenters. The average molecular weight is 432 g/mol. The third-order valence-corrected chi connectivity index (χ3v) is 5.92. The predicted molar refractivity (Wildman–Crippen MR) is 112 cm³/mol. The van der Waals surface area contributed by atoms with Gasteiger partial charge in [0.1, 0.15) is 12.1 Å². The smallest absolute Gasteiger partial charge is 0.278 e. The van der Waals surface area contributed by atoms with Crippen molar-refractivity contribution in [2.24, 2.45) is 0 Å². The first-order chi connectivity index (χ1) is 14.0. The van der Waals surface area contributed by atoms with Gasteiger partial charge >= 0.3 is 0 Å². The zero-order valence-corrected chi connectivity index (χ0v) is 17.1. The van der Waals surface area contributed by atoms with Crippen molar-refractivity contribution in [2.45, 2.75) is 13.1 Å². The van der Waals surface area contributed by atoms with E-state index in [0.717, 1.165) is 10.2 Å². The van der Waals surface area contributed by atoms with Crippen molar-refractivity contribution >= 4 is 40.0 Å². The van der Waals surface area contributed by atoms with E-state index >= 15 is 0 Å². The fraction of sp³-hybridized carbons (Fsp3) is 0.300. The third-order valence-electron chi connectivity index (χ3n) is 5.06. The van der Waals surface area contributed by atoms with E-state index in [1.165, 1.54) is 0 Å². The normalized spacial score (nSPS) is 15.0. The van der Waals surface area contributed by atoms with E-state index in [0.29, 0.717) is 53.7 Å². The standard InChI is InChI=1S/C20H19Cl2N5O2/c21-16-6-3-4-14(19(16)22)12-25-8-10-26(11-9-25)18(28)13-27-20(29)15-5-1-2-7-17(15)23-24-27/h1-7H,8-13H2. The third kappa shape index (κ3) is 4.27. The Labute approximate surface area is 177 Å².